The zero-order valence-corrected chi connectivity index (χ0v) is 15.5. The number of sulfonamides is 1. The van der Waals surface area contributed by atoms with Crippen LogP contribution in [-0.2, 0) is 14.8 Å². The molecule has 1 aliphatic heterocycles. The van der Waals surface area contributed by atoms with Crippen molar-refractivity contribution in [1.29, 1.82) is 0 Å². The van der Waals surface area contributed by atoms with E-state index in [1.807, 2.05) is 0 Å². The zero-order valence-electron chi connectivity index (χ0n) is 13.9. The normalized spacial score (nSPS) is 17.2. The SMILES string of the molecule is O=C(Nc1cccc(Cl)c1)c1cccc(S(=O)(=O)NCC2CCCO2)c1. The molecule has 1 saturated heterocycles. The van der Waals surface area contributed by atoms with Gasteiger partial charge in [-0.25, -0.2) is 13.1 Å². The molecule has 2 aromatic carbocycles. The van der Waals surface area contributed by atoms with Crippen LogP contribution in [0, 0.1) is 0 Å². The molecular formula is C18H19ClN2O4S. The van der Waals surface area contributed by atoms with Crippen LogP contribution in [0.2, 0.25) is 5.02 Å². The van der Waals surface area contributed by atoms with Gasteiger partial charge in [0.25, 0.3) is 5.91 Å². The van der Waals surface area contributed by atoms with Crippen LogP contribution in [-0.4, -0.2) is 33.6 Å². The molecule has 26 heavy (non-hydrogen) atoms. The van der Waals surface area contributed by atoms with E-state index >= 15 is 0 Å². The van der Waals surface area contributed by atoms with Gasteiger partial charge >= 0.3 is 0 Å². The third-order valence-electron chi connectivity index (χ3n) is 4.01. The van der Waals surface area contributed by atoms with Crippen molar-refractivity contribution in [2.75, 3.05) is 18.5 Å². The number of carbonyl (C=O) groups excluding carboxylic acids is 1. The number of nitrogens with one attached hydrogen (secondary N) is 2. The lowest BCUT2D eigenvalue weighted by Gasteiger charge is -2.12. The molecule has 1 fully saturated rings. The second-order valence-corrected chi connectivity index (χ2v) is 8.18. The molecule has 1 amide bonds. The fourth-order valence-corrected chi connectivity index (χ4v) is 3.97. The summed E-state index contributed by atoms with van der Waals surface area (Å²) in [6.45, 7) is 0.882. The summed E-state index contributed by atoms with van der Waals surface area (Å²) >= 11 is 5.90. The molecule has 0 saturated carbocycles. The molecule has 2 N–H and O–H groups in total. The smallest absolute Gasteiger partial charge is 0.255 e. The lowest BCUT2D eigenvalue weighted by molar-refractivity contribution is 0.102. The standard InChI is InChI=1S/C18H19ClN2O4S/c19-14-5-2-6-15(11-14)21-18(22)13-4-1-8-17(10-13)26(23,24)20-12-16-7-3-9-25-16/h1-2,4-6,8,10-11,16,20H,3,7,9,12H2,(H,21,22). The van der Waals surface area contributed by atoms with E-state index in [1.54, 1.807) is 30.3 Å². The molecule has 1 atom stereocenters. The third kappa shape index (κ3) is 4.82. The van der Waals surface area contributed by atoms with E-state index in [9.17, 15) is 13.2 Å². The summed E-state index contributed by atoms with van der Waals surface area (Å²) in [4.78, 5) is 12.4. The molecular weight excluding hydrogens is 376 g/mol. The number of benzene rings is 2. The van der Waals surface area contributed by atoms with Crippen LogP contribution in [0.25, 0.3) is 0 Å². The Morgan fingerprint density at radius 2 is 2.00 bits per heavy atom. The number of hydrogen-bond acceptors (Lipinski definition) is 4. The molecule has 0 aliphatic carbocycles. The quantitative estimate of drug-likeness (QED) is 0.788. The van der Waals surface area contributed by atoms with Gasteiger partial charge in [0.1, 0.15) is 0 Å². The van der Waals surface area contributed by atoms with Crippen molar-refractivity contribution in [3.8, 4) is 0 Å². The van der Waals surface area contributed by atoms with Crippen molar-refractivity contribution in [3.05, 3.63) is 59.1 Å². The summed E-state index contributed by atoms with van der Waals surface area (Å²) < 4.78 is 32.9. The van der Waals surface area contributed by atoms with E-state index in [-0.39, 0.29) is 23.1 Å². The van der Waals surface area contributed by atoms with Gasteiger partial charge in [-0.2, -0.15) is 0 Å². The minimum Gasteiger partial charge on any atom is -0.377 e. The van der Waals surface area contributed by atoms with Crippen molar-refractivity contribution < 1.29 is 17.9 Å². The van der Waals surface area contributed by atoms with Crippen LogP contribution in [0.4, 0.5) is 5.69 Å². The van der Waals surface area contributed by atoms with Crippen LogP contribution in [0.3, 0.4) is 0 Å². The maximum absolute atomic E-state index is 12.5. The Bertz CT molecular complexity index is 896. The van der Waals surface area contributed by atoms with E-state index in [4.69, 9.17) is 16.3 Å². The minimum atomic E-state index is -3.71. The largest absolute Gasteiger partial charge is 0.377 e. The highest BCUT2D eigenvalue weighted by molar-refractivity contribution is 7.89. The number of ether oxygens (including phenoxy) is 1. The molecule has 3 rings (SSSR count). The van der Waals surface area contributed by atoms with Crippen molar-refractivity contribution in [3.63, 3.8) is 0 Å². The predicted octanol–water partition coefficient (Wildman–Crippen LogP) is 3.05. The minimum absolute atomic E-state index is 0.0363. The Morgan fingerprint density at radius 3 is 2.73 bits per heavy atom. The lowest BCUT2D eigenvalue weighted by Crippen LogP contribution is -2.32. The first-order chi connectivity index (χ1) is 12.4. The molecule has 2 aromatic rings. The average Bonchev–Trinajstić information content (AvgIpc) is 3.14. The van der Waals surface area contributed by atoms with Crippen molar-refractivity contribution in [2.24, 2.45) is 0 Å². The summed E-state index contributed by atoms with van der Waals surface area (Å²) in [6, 6.07) is 12.6. The molecule has 0 bridgehead atoms. The summed E-state index contributed by atoms with van der Waals surface area (Å²) in [5.41, 5.74) is 0.775. The van der Waals surface area contributed by atoms with Gasteiger partial charge in [0.05, 0.1) is 11.0 Å². The number of rotatable bonds is 6. The maximum Gasteiger partial charge on any atom is 0.255 e. The van der Waals surface area contributed by atoms with E-state index in [0.29, 0.717) is 17.3 Å². The highest BCUT2D eigenvalue weighted by atomic mass is 35.5. The first-order valence-electron chi connectivity index (χ1n) is 8.22. The second-order valence-electron chi connectivity index (χ2n) is 5.98. The monoisotopic (exact) mass is 394 g/mol. The molecule has 0 spiro atoms. The number of hydrogen-bond donors (Lipinski definition) is 2. The van der Waals surface area contributed by atoms with Crippen LogP contribution < -0.4 is 10.0 Å². The number of carbonyl (C=O) groups is 1. The van der Waals surface area contributed by atoms with Gasteiger partial charge in [-0.05, 0) is 49.2 Å². The first-order valence-corrected chi connectivity index (χ1v) is 10.1. The van der Waals surface area contributed by atoms with Crippen LogP contribution in [0.1, 0.15) is 23.2 Å². The van der Waals surface area contributed by atoms with E-state index in [0.717, 1.165) is 12.8 Å². The van der Waals surface area contributed by atoms with Crippen LogP contribution in [0.5, 0.6) is 0 Å². The van der Waals surface area contributed by atoms with Crippen LogP contribution >= 0.6 is 11.6 Å². The summed E-state index contributed by atoms with van der Waals surface area (Å²) in [5, 5.41) is 3.19. The zero-order chi connectivity index (χ0) is 18.6. The molecule has 1 heterocycles. The van der Waals surface area contributed by atoms with Gasteiger partial charge in [0, 0.05) is 29.4 Å². The fraction of sp³-hybridized carbons (Fsp3) is 0.278. The van der Waals surface area contributed by atoms with Crippen LogP contribution in [0.15, 0.2) is 53.4 Å². The third-order valence-corrected chi connectivity index (χ3v) is 5.67. The molecule has 0 radical (unpaired) electrons. The second kappa shape index (κ2) is 8.18. The number of amides is 1. The van der Waals surface area contributed by atoms with Gasteiger partial charge < -0.3 is 10.1 Å². The van der Waals surface area contributed by atoms with E-state index in [1.165, 1.54) is 18.2 Å². The van der Waals surface area contributed by atoms with Crippen molar-refractivity contribution in [1.82, 2.24) is 4.72 Å². The van der Waals surface area contributed by atoms with Gasteiger partial charge in [0.15, 0.2) is 0 Å². The van der Waals surface area contributed by atoms with Gasteiger partial charge in [-0.1, -0.05) is 23.7 Å². The van der Waals surface area contributed by atoms with Crippen molar-refractivity contribution >= 4 is 33.2 Å². The highest BCUT2D eigenvalue weighted by Crippen LogP contribution is 2.18. The maximum atomic E-state index is 12.5. The van der Waals surface area contributed by atoms with Crippen molar-refractivity contribution in [2.45, 2.75) is 23.8 Å². The molecule has 138 valence electrons. The fourth-order valence-electron chi connectivity index (χ4n) is 2.67. The molecule has 8 heteroatoms. The average molecular weight is 395 g/mol. The summed E-state index contributed by atoms with van der Waals surface area (Å²) in [6.07, 6.45) is 1.68. The van der Waals surface area contributed by atoms with Gasteiger partial charge in [-0.3, -0.25) is 4.79 Å². The Kier molecular flexibility index (Phi) is 5.93. The Labute approximate surface area is 157 Å². The van der Waals surface area contributed by atoms with E-state index in [2.05, 4.69) is 10.0 Å². The Hall–Kier alpha value is -1.93. The number of anilines is 1. The van der Waals surface area contributed by atoms with E-state index < -0.39 is 15.9 Å². The number of halogens is 1. The lowest BCUT2D eigenvalue weighted by atomic mass is 10.2. The van der Waals surface area contributed by atoms with Gasteiger partial charge in [0.2, 0.25) is 10.0 Å². The first kappa shape index (κ1) is 18.8. The highest BCUT2D eigenvalue weighted by Gasteiger charge is 2.21. The summed E-state index contributed by atoms with van der Waals surface area (Å²) in [5.74, 6) is -0.413. The van der Waals surface area contributed by atoms with Gasteiger partial charge in [-0.15, -0.1) is 0 Å². The summed E-state index contributed by atoms with van der Waals surface area (Å²) in [7, 11) is -3.71. The molecule has 0 aromatic heterocycles. The topological polar surface area (TPSA) is 84.5 Å². The Morgan fingerprint density at radius 1 is 1.19 bits per heavy atom. The Balaban J connectivity index is 1.71. The predicted molar refractivity (Wildman–Crippen MR) is 100 cm³/mol. The molecule has 1 aliphatic rings. The molecule has 6 nitrogen and oxygen atoms in total. The molecule has 1 unspecified atom stereocenters.